The zero-order valence-electron chi connectivity index (χ0n) is 15.1. The molecule has 1 heterocycles. The first kappa shape index (κ1) is 20.4. The smallest absolute Gasteiger partial charge is 0.323 e. The Bertz CT molecular complexity index is 822. The minimum Gasteiger partial charge on any atom is -0.323 e. The summed E-state index contributed by atoms with van der Waals surface area (Å²) in [6.07, 6.45) is -0.934. The van der Waals surface area contributed by atoms with E-state index < -0.39 is 41.7 Å². The highest BCUT2D eigenvalue weighted by Gasteiger charge is 2.55. The Morgan fingerprint density at radius 1 is 1.21 bits per heavy atom. The fraction of sp³-hybridized carbons (Fsp3) is 0.500. The van der Waals surface area contributed by atoms with Crippen LogP contribution in [0, 0.1) is 0 Å². The first-order chi connectivity index (χ1) is 13.1. The van der Waals surface area contributed by atoms with Gasteiger partial charge in [-0.1, -0.05) is 30.9 Å². The molecule has 0 aromatic heterocycles. The number of nitrogens with one attached hydrogen (secondary N) is 1. The minimum atomic E-state index is -4.60. The number of halogens is 4. The number of alkyl halides is 3. The first-order valence-electron chi connectivity index (χ1n) is 8.82. The Hall–Kier alpha value is -2.29. The summed E-state index contributed by atoms with van der Waals surface area (Å²) >= 11 is 5.87. The summed E-state index contributed by atoms with van der Waals surface area (Å²) in [5.74, 6) is -1.24. The van der Waals surface area contributed by atoms with E-state index >= 15 is 0 Å². The number of benzene rings is 1. The van der Waals surface area contributed by atoms with E-state index in [1.807, 2.05) is 0 Å². The standard InChI is InChI=1S/C18H19ClF3N3O3/c1-24-16(28)25(15(27)17(24)7-3-2-4-8-17)10-14(26)23-13-9-11(18(20,21)22)5-6-12(13)19/h5-6,9H,2-4,7-8,10H2,1H3,(H,23,26). The topological polar surface area (TPSA) is 69.7 Å². The molecule has 1 aliphatic heterocycles. The van der Waals surface area contributed by atoms with Crippen LogP contribution in [-0.2, 0) is 15.8 Å². The van der Waals surface area contributed by atoms with Crippen molar-refractivity contribution >= 4 is 35.1 Å². The highest BCUT2D eigenvalue weighted by Crippen LogP contribution is 2.39. The molecular formula is C18H19ClF3N3O3. The lowest BCUT2D eigenvalue weighted by Gasteiger charge is -2.35. The number of carbonyl (C=O) groups is 3. The molecule has 152 valence electrons. The van der Waals surface area contributed by atoms with E-state index in [0.29, 0.717) is 18.9 Å². The third-order valence-electron chi connectivity index (χ3n) is 5.35. The van der Waals surface area contributed by atoms with Crippen LogP contribution >= 0.6 is 11.6 Å². The van der Waals surface area contributed by atoms with Crippen molar-refractivity contribution in [1.29, 1.82) is 0 Å². The van der Waals surface area contributed by atoms with Gasteiger partial charge in [0.2, 0.25) is 5.91 Å². The van der Waals surface area contributed by atoms with Crippen LogP contribution in [0.3, 0.4) is 0 Å². The quantitative estimate of drug-likeness (QED) is 0.758. The number of anilines is 1. The molecule has 0 radical (unpaired) electrons. The third kappa shape index (κ3) is 3.55. The molecule has 6 nitrogen and oxygen atoms in total. The SMILES string of the molecule is CN1C(=O)N(CC(=O)Nc2cc(C(F)(F)F)ccc2Cl)C(=O)C12CCCCC2. The molecule has 1 spiro atoms. The third-order valence-corrected chi connectivity index (χ3v) is 5.68. The molecular weight excluding hydrogens is 399 g/mol. The number of amides is 4. The Balaban J connectivity index is 1.75. The Kier molecular flexibility index (Phi) is 5.31. The maximum Gasteiger partial charge on any atom is 0.416 e. The first-order valence-corrected chi connectivity index (χ1v) is 9.20. The van der Waals surface area contributed by atoms with Crippen molar-refractivity contribution in [3.8, 4) is 0 Å². The van der Waals surface area contributed by atoms with E-state index in [0.717, 1.165) is 36.3 Å². The molecule has 2 aliphatic rings. The summed E-state index contributed by atoms with van der Waals surface area (Å²) in [6, 6.07) is 1.95. The van der Waals surface area contributed by atoms with Crippen molar-refractivity contribution in [1.82, 2.24) is 9.80 Å². The maximum absolute atomic E-state index is 12.9. The van der Waals surface area contributed by atoms with E-state index in [9.17, 15) is 27.6 Å². The van der Waals surface area contributed by atoms with Gasteiger partial charge < -0.3 is 10.2 Å². The molecule has 1 aliphatic carbocycles. The molecule has 1 saturated carbocycles. The van der Waals surface area contributed by atoms with Gasteiger partial charge in [-0.05, 0) is 31.0 Å². The normalized spacial score (nSPS) is 19.5. The minimum absolute atomic E-state index is 0.0821. The fourth-order valence-corrected chi connectivity index (χ4v) is 3.97. The van der Waals surface area contributed by atoms with E-state index in [-0.39, 0.29) is 10.7 Å². The predicted molar refractivity (Wildman–Crippen MR) is 95.8 cm³/mol. The number of imide groups is 1. The molecule has 0 unspecified atom stereocenters. The highest BCUT2D eigenvalue weighted by molar-refractivity contribution is 6.33. The van der Waals surface area contributed by atoms with Gasteiger partial charge in [0.1, 0.15) is 12.1 Å². The Labute approximate surface area is 164 Å². The van der Waals surface area contributed by atoms with Gasteiger partial charge in [-0.25, -0.2) is 4.79 Å². The van der Waals surface area contributed by atoms with Crippen molar-refractivity contribution in [2.45, 2.75) is 43.8 Å². The molecule has 10 heteroatoms. The maximum atomic E-state index is 12.9. The number of urea groups is 1. The van der Waals surface area contributed by atoms with Crippen LogP contribution in [0.25, 0.3) is 0 Å². The van der Waals surface area contributed by atoms with Gasteiger partial charge in [-0.2, -0.15) is 13.2 Å². The number of likely N-dealkylation sites (N-methyl/N-ethyl adjacent to an activating group) is 1. The summed E-state index contributed by atoms with van der Waals surface area (Å²) in [5.41, 5.74) is -2.13. The van der Waals surface area contributed by atoms with Crippen LogP contribution < -0.4 is 5.32 Å². The number of rotatable bonds is 3. The molecule has 1 aromatic rings. The molecule has 1 saturated heterocycles. The van der Waals surface area contributed by atoms with Gasteiger partial charge in [-0.15, -0.1) is 0 Å². The van der Waals surface area contributed by atoms with Crippen molar-refractivity contribution in [2.75, 3.05) is 18.9 Å². The van der Waals surface area contributed by atoms with Gasteiger partial charge in [0.05, 0.1) is 16.3 Å². The number of hydrogen-bond donors (Lipinski definition) is 1. The summed E-state index contributed by atoms with van der Waals surface area (Å²) < 4.78 is 38.6. The second kappa shape index (κ2) is 7.27. The summed E-state index contributed by atoms with van der Waals surface area (Å²) in [6.45, 7) is -0.587. The Morgan fingerprint density at radius 3 is 2.46 bits per heavy atom. The predicted octanol–water partition coefficient (Wildman–Crippen LogP) is 3.89. The van der Waals surface area contributed by atoms with Gasteiger partial charge in [-0.3, -0.25) is 14.5 Å². The molecule has 1 aromatic carbocycles. The van der Waals surface area contributed by atoms with Gasteiger partial charge >= 0.3 is 12.2 Å². The molecule has 4 amide bonds. The molecule has 1 N–H and O–H groups in total. The van der Waals surface area contributed by atoms with Crippen LogP contribution in [0.4, 0.5) is 23.7 Å². The molecule has 0 bridgehead atoms. The summed E-state index contributed by atoms with van der Waals surface area (Å²) in [7, 11) is 1.53. The lowest BCUT2D eigenvalue weighted by molar-refractivity contribution is -0.137. The Morgan fingerprint density at radius 2 is 1.86 bits per heavy atom. The highest BCUT2D eigenvalue weighted by atomic mass is 35.5. The average molecular weight is 418 g/mol. The van der Waals surface area contributed by atoms with Crippen LogP contribution in [0.2, 0.25) is 5.02 Å². The monoisotopic (exact) mass is 417 g/mol. The summed E-state index contributed by atoms with van der Waals surface area (Å²) in [5, 5.41) is 2.18. The largest absolute Gasteiger partial charge is 0.416 e. The van der Waals surface area contributed by atoms with E-state index in [4.69, 9.17) is 11.6 Å². The molecule has 0 atom stereocenters. The van der Waals surface area contributed by atoms with Crippen LogP contribution in [-0.4, -0.2) is 46.8 Å². The number of hydrogen-bond acceptors (Lipinski definition) is 3. The molecule has 28 heavy (non-hydrogen) atoms. The van der Waals surface area contributed by atoms with Gasteiger partial charge in [0.15, 0.2) is 0 Å². The second-order valence-electron chi connectivity index (χ2n) is 7.07. The second-order valence-corrected chi connectivity index (χ2v) is 7.47. The van der Waals surface area contributed by atoms with Crippen LogP contribution in [0.5, 0.6) is 0 Å². The van der Waals surface area contributed by atoms with Crippen LogP contribution in [0.1, 0.15) is 37.7 Å². The van der Waals surface area contributed by atoms with Gasteiger partial charge in [0, 0.05) is 7.05 Å². The van der Waals surface area contributed by atoms with E-state index in [2.05, 4.69) is 5.32 Å². The molecule has 2 fully saturated rings. The lowest BCUT2D eigenvalue weighted by Crippen LogP contribution is -2.49. The van der Waals surface area contributed by atoms with Crippen molar-refractivity contribution in [3.63, 3.8) is 0 Å². The number of carbonyl (C=O) groups excluding carboxylic acids is 3. The zero-order valence-corrected chi connectivity index (χ0v) is 15.9. The molecule has 3 rings (SSSR count). The average Bonchev–Trinajstić information content (AvgIpc) is 2.80. The lowest BCUT2D eigenvalue weighted by atomic mass is 9.81. The van der Waals surface area contributed by atoms with Crippen molar-refractivity contribution in [3.05, 3.63) is 28.8 Å². The number of nitrogens with zero attached hydrogens (tertiary/aromatic N) is 2. The van der Waals surface area contributed by atoms with E-state index in [1.54, 1.807) is 0 Å². The van der Waals surface area contributed by atoms with Crippen molar-refractivity contribution < 1.29 is 27.6 Å². The van der Waals surface area contributed by atoms with Gasteiger partial charge in [0.25, 0.3) is 5.91 Å². The zero-order chi connectivity index (χ0) is 20.7. The fourth-order valence-electron chi connectivity index (χ4n) is 3.80. The summed E-state index contributed by atoms with van der Waals surface area (Å²) in [4.78, 5) is 39.9. The van der Waals surface area contributed by atoms with Crippen molar-refractivity contribution in [2.24, 2.45) is 0 Å². The van der Waals surface area contributed by atoms with E-state index in [1.165, 1.54) is 11.9 Å². The van der Waals surface area contributed by atoms with Crippen LogP contribution in [0.15, 0.2) is 18.2 Å².